The Hall–Kier alpha value is -3.62. The number of rotatable bonds is 6. The molecule has 0 saturated heterocycles. The van der Waals surface area contributed by atoms with Crippen LogP contribution in [0, 0.1) is 5.82 Å². The Morgan fingerprint density at radius 2 is 1.96 bits per heavy atom. The molecule has 0 N–H and O–H groups in total. The first-order valence-corrected chi connectivity index (χ1v) is 8.48. The van der Waals surface area contributed by atoms with Crippen molar-refractivity contribution in [3.05, 3.63) is 71.8 Å². The molecule has 0 spiro atoms. The third kappa shape index (κ3) is 4.56. The van der Waals surface area contributed by atoms with Crippen molar-refractivity contribution in [3.63, 3.8) is 0 Å². The Balaban J connectivity index is 1.59. The minimum Gasteiger partial charge on any atom is -0.449 e. The maximum Gasteiger partial charge on any atom is 0.338 e. The van der Waals surface area contributed by atoms with Crippen LogP contribution in [0.2, 0.25) is 0 Å². The molecule has 1 amide bonds. The zero-order chi connectivity index (χ0) is 20.1. The molecule has 1 aromatic heterocycles. The molecule has 1 heterocycles. The maximum absolute atomic E-state index is 13.3. The first-order valence-electron chi connectivity index (χ1n) is 8.48. The molecule has 0 fully saturated rings. The number of hydrogen-bond donors (Lipinski definition) is 0. The van der Waals surface area contributed by atoms with Crippen molar-refractivity contribution in [1.29, 1.82) is 0 Å². The number of carbonyl (C=O) groups is 2. The SMILES string of the molecule is C[C@@H](OC(=O)c1ccc(-n2cnnn2)cc1)C(=O)N(C)Cc1cccc(F)c1. The first-order chi connectivity index (χ1) is 13.4. The Kier molecular flexibility index (Phi) is 5.73. The second kappa shape index (κ2) is 8.38. The lowest BCUT2D eigenvalue weighted by Crippen LogP contribution is -2.37. The van der Waals surface area contributed by atoms with Crippen LogP contribution < -0.4 is 0 Å². The van der Waals surface area contributed by atoms with Gasteiger partial charge >= 0.3 is 5.97 Å². The number of likely N-dealkylation sites (N-methyl/N-ethyl adjacent to an activating group) is 1. The van der Waals surface area contributed by atoms with E-state index in [1.54, 1.807) is 43.4 Å². The fourth-order valence-corrected chi connectivity index (χ4v) is 2.61. The number of ether oxygens (including phenoxy) is 1. The summed E-state index contributed by atoms with van der Waals surface area (Å²) in [6.07, 6.45) is 0.452. The number of benzene rings is 2. The molecule has 0 aliphatic heterocycles. The first kappa shape index (κ1) is 19.2. The fourth-order valence-electron chi connectivity index (χ4n) is 2.61. The van der Waals surface area contributed by atoms with E-state index >= 15 is 0 Å². The van der Waals surface area contributed by atoms with Gasteiger partial charge in [-0.15, -0.1) is 5.10 Å². The lowest BCUT2D eigenvalue weighted by Gasteiger charge is -2.21. The summed E-state index contributed by atoms with van der Waals surface area (Å²) in [6, 6.07) is 12.4. The third-order valence-electron chi connectivity index (χ3n) is 4.03. The summed E-state index contributed by atoms with van der Waals surface area (Å²) in [7, 11) is 1.57. The standard InChI is InChI=1S/C19H18FN5O3/c1-13(18(26)24(2)11-14-4-3-5-16(20)10-14)28-19(27)15-6-8-17(9-7-15)25-12-21-22-23-25/h3-10,12-13H,11H2,1-2H3/t13-/m1/s1. The number of tetrazole rings is 1. The van der Waals surface area contributed by atoms with E-state index in [2.05, 4.69) is 15.5 Å². The summed E-state index contributed by atoms with van der Waals surface area (Å²) in [4.78, 5) is 26.1. The molecule has 8 nitrogen and oxygen atoms in total. The molecular weight excluding hydrogens is 365 g/mol. The maximum atomic E-state index is 13.3. The molecule has 3 rings (SSSR count). The van der Waals surface area contributed by atoms with Gasteiger partial charge in [-0.05, 0) is 59.3 Å². The van der Waals surface area contributed by atoms with Gasteiger partial charge in [-0.25, -0.2) is 13.9 Å². The smallest absolute Gasteiger partial charge is 0.338 e. The number of esters is 1. The van der Waals surface area contributed by atoms with Crippen LogP contribution in [0.3, 0.4) is 0 Å². The molecule has 2 aromatic carbocycles. The summed E-state index contributed by atoms with van der Waals surface area (Å²) >= 11 is 0. The van der Waals surface area contributed by atoms with Crippen molar-refractivity contribution in [2.45, 2.75) is 19.6 Å². The van der Waals surface area contributed by atoms with Gasteiger partial charge in [0.2, 0.25) is 0 Å². The predicted molar refractivity (Wildman–Crippen MR) is 96.9 cm³/mol. The Labute approximate surface area is 160 Å². The molecule has 0 saturated carbocycles. The summed E-state index contributed by atoms with van der Waals surface area (Å²) in [6.45, 7) is 1.71. The zero-order valence-electron chi connectivity index (χ0n) is 15.3. The summed E-state index contributed by atoms with van der Waals surface area (Å²) in [5.41, 5.74) is 1.62. The van der Waals surface area contributed by atoms with E-state index in [0.717, 1.165) is 0 Å². The molecule has 0 aliphatic carbocycles. The molecule has 28 heavy (non-hydrogen) atoms. The number of hydrogen-bond acceptors (Lipinski definition) is 6. The summed E-state index contributed by atoms with van der Waals surface area (Å²) in [5.74, 6) is -1.38. The lowest BCUT2D eigenvalue weighted by atomic mass is 10.2. The van der Waals surface area contributed by atoms with E-state index in [1.165, 1.54) is 35.0 Å². The quantitative estimate of drug-likeness (QED) is 0.605. The van der Waals surface area contributed by atoms with Crippen LogP contribution in [0.1, 0.15) is 22.8 Å². The van der Waals surface area contributed by atoms with E-state index < -0.39 is 12.1 Å². The van der Waals surface area contributed by atoms with Crippen LogP contribution in [-0.2, 0) is 16.1 Å². The van der Waals surface area contributed by atoms with Gasteiger partial charge in [0.05, 0.1) is 11.3 Å². The van der Waals surface area contributed by atoms with E-state index in [0.29, 0.717) is 16.8 Å². The number of nitrogens with zero attached hydrogens (tertiary/aromatic N) is 5. The largest absolute Gasteiger partial charge is 0.449 e. The van der Waals surface area contributed by atoms with Gasteiger partial charge in [0.25, 0.3) is 5.91 Å². The van der Waals surface area contributed by atoms with Crippen LogP contribution in [0.15, 0.2) is 54.9 Å². The number of amides is 1. The Morgan fingerprint density at radius 3 is 2.61 bits per heavy atom. The normalized spacial score (nSPS) is 11.7. The highest BCUT2D eigenvalue weighted by Crippen LogP contribution is 2.12. The van der Waals surface area contributed by atoms with E-state index in [9.17, 15) is 14.0 Å². The van der Waals surface area contributed by atoms with Crippen LogP contribution in [-0.4, -0.2) is 50.1 Å². The Morgan fingerprint density at radius 1 is 1.21 bits per heavy atom. The fraction of sp³-hybridized carbons (Fsp3) is 0.211. The van der Waals surface area contributed by atoms with Crippen molar-refractivity contribution in [3.8, 4) is 5.69 Å². The highest BCUT2D eigenvalue weighted by Gasteiger charge is 2.22. The summed E-state index contributed by atoms with van der Waals surface area (Å²) in [5, 5.41) is 10.8. The average Bonchev–Trinajstić information content (AvgIpc) is 3.22. The van der Waals surface area contributed by atoms with Crippen LogP contribution in [0.4, 0.5) is 4.39 Å². The molecule has 0 unspecified atom stereocenters. The van der Waals surface area contributed by atoms with Gasteiger partial charge in [-0.3, -0.25) is 4.79 Å². The monoisotopic (exact) mass is 383 g/mol. The zero-order valence-corrected chi connectivity index (χ0v) is 15.3. The van der Waals surface area contributed by atoms with Crippen molar-refractivity contribution in [2.75, 3.05) is 7.05 Å². The second-order valence-corrected chi connectivity index (χ2v) is 6.17. The van der Waals surface area contributed by atoms with Gasteiger partial charge in [-0.1, -0.05) is 12.1 Å². The van der Waals surface area contributed by atoms with Crippen molar-refractivity contribution >= 4 is 11.9 Å². The van der Waals surface area contributed by atoms with E-state index in [4.69, 9.17) is 4.74 Å². The van der Waals surface area contributed by atoms with Gasteiger partial charge in [0.1, 0.15) is 12.1 Å². The number of halogens is 1. The van der Waals surface area contributed by atoms with Crippen molar-refractivity contribution in [1.82, 2.24) is 25.1 Å². The van der Waals surface area contributed by atoms with Gasteiger partial charge in [-0.2, -0.15) is 0 Å². The van der Waals surface area contributed by atoms with Gasteiger partial charge in [0.15, 0.2) is 6.10 Å². The minimum atomic E-state index is -0.981. The number of aromatic nitrogens is 4. The molecule has 0 aliphatic rings. The second-order valence-electron chi connectivity index (χ2n) is 6.17. The molecule has 0 bridgehead atoms. The van der Waals surface area contributed by atoms with Gasteiger partial charge in [0, 0.05) is 13.6 Å². The van der Waals surface area contributed by atoms with Crippen LogP contribution >= 0.6 is 0 Å². The van der Waals surface area contributed by atoms with Crippen LogP contribution in [0.25, 0.3) is 5.69 Å². The molecule has 9 heteroatoms. The topological polar surface area (TPSA) is 90.2 Å². The Bertz CT molecular complexity index is 960. The molecule has 0 radical (unpaired) electrons. The number of carbonyl (C=O) groups excluding carboxylic acids is 2. The molecule has 3 aromatic rings. The van der Waals surface area contributed by atoms with Gasteiger partial charge < -0.3 is 9.64 Å². The molecule has 1 atom stereocenters. The summed E-state index contributed by atoms with van der Waals surface area (Å²) < 4.78 is 20.0. The average molecular weight is 383 g/mol. The van der Waals surface area contributed by atoms with Crippen LogP contribution in [0.5, 0.6) is 0 Å². The van der Waals surface area contributed by atoms with E-state index in [-0.39, 0.29) is 18.3 Å². The molecule has 144 valence electrons. The van der Waals surface area contributed by atoms with Crippen molar-refractivity contribution < 1.29 is 18.7 Å². The predicted octanol–water partition coefficient (Wildman–Crippen LogP) is 2.01. The highest BCUT2D eigenvalue weighted by molar-refractivity contribution is 5.92. The van der Waals surface area contributed by atoms with Crippen molar-refractivity contribution in [2.24, 2.45) is 0 Å². The lowest BCUT2D eigenvalue weighted by molar-refractivity contribution is -0.139. The molecular formula is C19H18FN5O3. The van der Waals surface area contributed by atoms with E-state index in [1.807, 2.05) is 0 Å². The highest BCUT2D eigenvalue weighted by atomic mass is 19.1. The minimum absolute atomic E-state index is 0.207. The third-order valence-corrected chi connectivity index (χ3v) is 4.03.